The third-order valence-electron chi connectivity index (χ3n) is 6.73. The molecule has 0 aliphatic carbocycles. The Labute approximate surface area is 230 Å². The molecule has 3 aromatic rings. The van der Waals surface area contributed by atoms with Crippen molar-refractivity contribution in [3.05, 3.63) is 69.9 Å². The number of carbonyl (C=O) groups excluding carboxylic acids is 1. The number of carbonyl (C=O) groups is 1. The SMILES string of the molecule is Cc1c(C(=O)NCC2CCCO2)nn(-c2ccccc2)c1Oc1ccc([N+](=O)[O-])cc1S(=O)(=O)N1CCOCC1. The Morgan fingerprint density at radius 3 is 2.60 bits per heavy atom. The summed E-state index contributed by atoms with van der Waals surface area (Å²) in [6, 6.07) is 12.3. The van der Waals surface area contributed by atoms with Crippen molar-refractivity contribution in [2.45, 2.75) is 30.8 Å². The predicted molar refractivity (Wildman–Crippen MR) is 142 cm³/mol. The van der Waals surface area contributed by atoms with E-state index in [4.69, 9.17) is 14.2 Å². The Morgan fingerprint density at radius 2 is 1.93 bits per heavy atom. The van der Waals surface area contributed by atoms with Crippen molar-refractivity contribution < 1.29 is 32.3 Å². The zero-order valence-electron chi connectivity index (χ0n) is 21.8. The molecule has 0 radical (unpaired) electrons. The van der Waals surface area contributed by atoms with Crippen LogP contribution in [0.3, 0.4) is 0 Å². The van der Waals surface area contributed by atoms with Crippen LogP contribution in [-0.2, 0) is 19.5 Å². The van der Waals surface area contributed by atoms with Crippen LogP contribution in [0.4, 0.5) is 5.69 Å². The number of nitro benzene ring substituents is 1. The minimum absolute atomic E-state index is 0.0655. The van der Waals surface area contributed by atoms with Crippen molar-refractivity contribution >= 4 is 21.6 Å². The van der Waals surface area contributed by atoms with Crippen molar-refractivity contribution in [1.29, 1.82) is 0 Å². The van der Waals surface area contributed by atoms with Crippen molar-refractivity contribution in [2.75, 3.05) is 39.5 Å². The summed E-state index contributed by atoms with van der Waals surface area (Å²) in [6.07, 6.45) is 1.72. The van der Waals surface area contributed by atoms with Gasteiger partial charge in [-0.1, -0.05) is 18.2 Å². The van der Waals surface area contributed by atoms with E-state index < -0.39 is 26.5 Å². The van der Waals surface area contributed by atoms with Gasteiger partial charge in [0.25, 0.3) is 11.6 Å². The summed E-state index contributed by atoms with van der Waals surface area (Å²) < 4.78 is 46.9. The van der Waals surface area contributed by atoms with Gasteiger partial charge in [-0.2, -0.15) is 14.1 Å². The van der Waals surface area contributed by atoms with Crippen LogP contribution in [0.1, 0.15) is 28.9 Å². The molecule has 13 nitrogen and oxygen atoms in total. The van der Waals surface area contributed by atoms with E-state index in [1.807, 2.05) is 6.07 Å². The first kappa shape index (κ1) is 27.7. The van der Waals surface area contributed by atoms with Crippen LogP contribution in [0.15, 0.2) is 53.4 Å². The monoisotopic (exact) mass is 571 g/mol. The molecule has 1 aromatic heterocycles. The smallest absolute Gasteiger partial charge is 0.272 e. The lowest BCUT2D eigenvalue weighted by atomic mass is 10.2. The van der Waals surface area contributed by atoms with E-state index in [0.29, 0.717) is 24.4 Å². The lowest BCUT2D eigenvalue weighted by molar-refractivity contribution is -0.385. The number of nitro groups is 1. The molecule has 1 atom stereocenters. The molecule has 2 aliphatic heterocycles. The highest BCUT2D eigenvalue weighted by Crippen LogP contribution is 2.37. The molecular weight excluding hydrogens is 542 g/mol. The quantitative estimate of drug-likeness (QED) is 0.301. The first-order valence-electron chi connectivity index (χ1n) is 12.8. The van der Waals surface area contributed by atoms with Crippen molar-refractivity contribution in [2.24, 2.45) is 0 Å². The largest absolute Gasteiger partial charge is 0.437 e. The molecule has 2 fully saturated rings. The summed E-state index contributed by atoms with van der Waals surface area (Å²) in [5.74, 6) is -0.471. The van der Waals surface area contributed by atoms with Crippen LogP contribution in [0, 0.1) is 17.0 Å². The third-order valence-corrected chi connectivity index (χ3v) is 8.65. The van der Waals surface area contributed by atoms with Gasteiger partial charge in [0, 0.05) is 43.9 Å². The number of benzene rings is 2. The maximum atomic E-state index is 13.6. The molecule has 3 heterocycles. The second-order valence-corrected chi connectivity index (χ2v) is 11.3. The molecule has 0 bridgehead atoms. The highest BCUT2D eigenvalue weighted by molar-refractivity contribution is 7.89. The maximum absolute atomic E-state index is 13.6. The zero-order chi connectivity index (χ0) is 28.3. The molecule has 1 unspecified atom stereocenters. The second kappa shape index (κ2) is 11.7. The normalized spacial score (nSPS) is 18.0. The van der Waals surface area contributed by atoms with Gasteiger partial charge in [-0.15, -0.1) is 0 Å². The molecule has 2 aromatic carbocycles. The summed E-state index contributed by atoms with van der Waals surface area (Å²) in [6.45, 7) is 3.23. The molecule has 0 spiro atoms. The van der Waals surface area contributed by atoms with Crippen LogP contribution in [0.5, 0.6) is 11.6 Å². The number of hydrogen-bond donors (Lipinski definition) is 1. The number of para-hydroxylation sites is 1. The summed E-state index contributed by atoms with van der Waals surface area (Å²) in [5.41, 5.74) is 0.623. The maximum Gasteiger partial charge on any atom is 0.272 e. The third kappa shape index (κ3) is 5.70. The van der Waals surface area contributed by atoms with Crippen LogP contribution < -0.4 is 10.1 Å². The van der Waals surface area contributed by atoms with Gasteiger partial charge in [0.1, 0.15) is 10.6 Å². The molecule has 0 saturated carbocycles. The van der Waals surface area contributed by atoms with Gasteiger partial charge in [-0.05, 0) is 38.0 Å². The van der Waals surface area contributed by atoms with E-state index in [1.54, 1.807) is 31.2 Å². The summed E-state index contributed by atoms with van der Waals surface area (Å²) >= 11 is 0. The Bertz CT molecular complexity index is 1500. The van der Waals surface area contributed by atoms with Crippen molar-refractivity contribution in [1.82, 2.24) is 19.4 Å². The fourth-order valence-electron chi connectivity index (χ4n) is 4.58. The van der Waals surface area contributed by atoms with Gasteiger partial charge >= 0.3 is 0 Å². The van der Waals surface area contributed by atoms with E-state index >= 15 is 0 Å². The highest BCUT2D eigenvalue weighted by Gasteiger charge is 2.33. The molecule has 1 amide bonds. The number of nitrogens with zero attached hydrogens (tertiary/aromatic N) is 4. The van der Waals surface area contributed by atoms with Gasteiger partial charge in [-0.25, -0.2) is 8.42 Å². The summed E-state index contributed by atoms with van der Waals surface area (Å²) in [4.78, 5) is 23.6. The molecule has 2 saturated heterocycles. The van der Waals surface area contributed by atoms with Crippen molar-refractivity contribution in [3.8, 4) is 17.3 Å². The number of amides is 1. The number of sulfonamides is 1. The fourth-order valence-corrected chi connectivity index (χ4v) is 6.12. The zero-order valence-corrected chi connectivity index (χ0v) is 22.6. The van der Waals surface area contributed by atoms with E-state index in [2.05, 4.69) is 10.4 Å². The number of morpholine rings is 1. The Balaban J connectivity index is 1.55. The molecular formula is C26H29N5O8S. The van der Waals surface area contributed by atoms with Gasteiger partial charge in [0.2, 0.25) is 15.9 Å². The lowest BCUT2D eigenvalue weighted by Gasteiger charge is -2.26. The van der Waals surface area contributed by atoms with Gasteiger partial charge in [0.05, 0.1) is 29.9 Å². The Morgan fingerprint density at radius 1 is 1.18 bits per heavy atom. The number of nitrogens with one attached hydrogen (secondary N) is 1. The summed E-state index contributed by atoms with van der Waals surface area (Å²) in [7, 11) is -4.19. The minimum atomic E-state index is -4.19. The Kier molecular flexibility index (Phi) is 8.12. The first-order chi connectivity index (χ1) is 19.3. The van der Waals surface area contributed by atoms with E-state index in [-0.39, 0.29) is 54.6 Å². The van der Waals surface area contributed by atoms with E-state index in [1.165, 1.54) is 21.1 Å². The molecule has 212 valence electrons. The van der Waals surface area contributed by atoms with E-state index in [9.17, 15) is 23.3 Å². The molecule has 1 N–H and O–H groups in total. The van der Waals surface area contributed by atoms with Gasteiger partial charge in [-0.3, -0.25) is 14.9 Å². The van der Waals surface area contributed by atoms with Crippen molar-refractivity contribution in [3.63, 3.8) is 0 Å². The predicted octanol–water partition coefficient (Wildman–Crippen LogP) is 2.81. The average Bonchev–Trinajstić information content (AvgIpc) is 3.61. The van der Waals surface area contributed by atoms with Crippen LogP contribution >= 0.6 is 0 Å². The van der Waals surface area contributed by atoms with E-state index in [0.717, 1.165) is 18.9 Å². The lowest BCUT2D eigenvalue weighted by Crippen LogP contribution is -2.40. The van der Waals surface area contributed by atoms with Gasteiger partial charge < -0.3 is 19.5 Å². The summed E-state index contributed by atoms with van der Waals surface area (Å²) in [5, 5.41) is 18.9. The number of non-ortho nitro benzene ring substituents is 1. The number of hydrogen-bond acceptors (Lipinski definition) is 9. The highest BCUT2D eigenvalue weighted by atomic mass is 32.2. The second-order valence-electron chi connectivity index (χ2n) is 9.38. The molecule has 40 heavy (non-hydrogen) atoms. The molecule has 5 rings (SSSR count). The number of rotatable bonds is 9. The van der Waals surface area contributed by atoms with Gasteiger partial charge in [0.15, 0.2) is 5.69 Å². The molecule has 2 aliphatic rings. The standard InChI is InChI=1S/C26H29N5O8S/c1-18-24(25(32)27-17-21-8-5-13-38-21)28-30(19-6-3-2-4-7-19)26(18)39-22-10-9-20(31(33)34)16-23(22)40(35,36)29-11-14-37-15-12-29/h2-4,6-7,9-10,16,21H,5,8,11-15,17H2,1H3,(H,27,32). The Hall–Kier alpha value is -3.85. The van der Waals surface area contributed by atoms with Crippen LogP contribution in [0.2, 0.25) is 0 Å². The first-order valence-corrected chi connectivity index (χ1v) is 14.3. The fraction of sp³-hybridized carbons (Fsp3) is 0.385. The topological polar surface area (TPSA) is 155 Å². The van der Waals surface area contributed by atoms with Crippen LogP contribution in [-0.4, -0.2) is 78.9 Å². The minimum Gasteiger partial charge on any atom is -0.437 e. The number of ether oxygens (including phenoxy) is 3. The number of aromatic nitrogens is 2. The van der Waals surface area contributed by atoms with Crippen LogP contribution in [0.25, 0.3) is 5.69 Å². The average molecular weight is 572 g/mol. The molecule has 14 heteroatoms.